The highest BCUT2D eigenvalue weighted by molar-refractivity contribution is 7.97. The van der Waals surface area contributed by atoms with Gasteiger partial charge in [0.1, 0.15) is 32.8 Å². The van der Waals surface area contributed by atoms with E-state index in [9.17, 15) is 13.0 Å². The zero-order chi connectivity index (χ0) is 34.5. The van der Waals surface area contributed by atoms with Crippen molar-refractivity contribution in [3.05, 3.63) is 103 Å². The van der Waals surface area contributed by atoms with Crippen molar-refractivity contribution in [1.29, 1.82) is 0 Å². The largest absolute Gasteiger partial charge is 0.744 e. The Balaban J connectivity index is 0.000000344. The molecule has 46 heavy (non-hydrogen) atoms. The fourth-order valence-corrected chi connectivity index (χ4v) is 6.92. The predicted molar refractivity (Wildman–Crippen MR) is 190 cm³/mol. The first-order valence-corrected chi connectivity index (χ1v) is 17.9. The summed E-state index contributed by atoms with van der Waals surface area (Å²) in [5.74, 6) is 1.78. The lowest BCUT2D eigenvalue weighted by atomic mass is 9.87. The summed E-state index contributed by atoms with van der Waals surface area (Å²) in [6.07, 6.45) is 0. The van der Waals surface area contributed by atoms with Gasteiger partial charge in [0, 0.05) is 19.8 Å². The average Bonchev–Trinajstić information content (AvgIpc) is 2.93. The maximum atomic E-state index is 10.6. The van der Waals surface area contributed by atoms with Crippen LogP contribution >= 0.6 is 0 Å². The molecule has 0 atom stereocenters. The van der Waals surface area contributed by atoms with Gasteiger partial charge < -0.3 is 18.9 Å². The van der Waals surface area contributed by atoms with E-state index in [1.54, 1.807) is 12.1 Å². The summed E-state index contributed by atoms with van der Waals surface area (Å²) in [5.41, 5.74) is 1.73. The zero-order valence-electron chi connectivity index (χ0n) is 29.0. The van der Waals surface area contributed by atoms with Gasteiger partial charge in [0.15, 0.2) is 14.7 Å². The number of hydrogen-bond donors (Lipinski definition) is 0. The van der Waals surface area contributed by atoms with Crippen LogP contribution in [0.25, 0.3) is 0 Å². The lowest BCUT2D eigenvalue weighted by Crippen LogP contribution is -2.23. The third-order valence-corrected chi connectivity index (χ3v) is 9.65. The van der Waals surface area contributed by atoms with E-state index in [0.717, 1.165) is 17.1 Å². The fourth-order valence-electron chi connectivity index (χ4n) is 4.40. The lowest BCUT2D eigenvalue weighted by Gasteiger charge is -2.21. The minimum atomic E-state index is -4.32. The average molecular weight is 664 g/mol. The van der Waals surface area contributed by atoms with E-state index in [2.05, 4.69) is 133 Å². The van der Waals surface area contributed by atoms with Crippen LogP contribution in [0.4, 0.5) is 5.69 Å². The number of rotatable bonds is 7. The molecule has 248 valence electrons. The molecule has 0 aromatic heterocycles. The molecule has 0 saturated carbocycles. The molecule has 0 amide bonds. The van der Waals surface area contributed by atoms with Crippen molar-refractivity contribution in [2.45, 2.75) is 98.5 Å². The number of nitrogens with zero attached hydrogens (tertiary/aromatic N) is 1. The van der Waals surface area contributed by atoms with Gasteiger partial charge >= 0.3 is 0 Å². The van der Waals surface area contributed by atoms with Gasteiger partial charge in [-0.25, -0.2) is 8.42 Å². The van der Waals surface area contributed by atoms with E-state index in [1.807, 2.05) is 20.8 Å². The number of benzene rings is 4. The van der Waals surface area contributed by atoms with Gasteiger partial charge in [-0.1, -0.05) is 32.9 Å². The molecular weight excluding hydrogens is 615 g/mol. The molecule has 0 bridgehead atoms. The minimum absolute atomic E-state index is 0.0365. The summed E-state index contributed by atoms with van der Waals surface area (Å²) in [6.45, 7) is 18.5. The quantitative estimate of drug-likeness (QED) is 0.145. The van der Waals surface area contributed by atoms with Gasteiger partial charge in [-0.3, -0.25) is 0 Å². The molecule has 0 aliphatic rings. The molecule has 4 aromatic carbocycles. The Bertz CT molecular complexity index is 1580. The molecular formula is C38H49NO5S2. The van der Waals surface area contributed by atoms with Crippen LogP contribution in [-0.2, 0) is 26.4 Å². The van der Waals surface area contributed by atoms with Crippen molar-refractivity contribution < 1.29 is 22.4 Å². The van der Waals surface area contributed by atoms with E-state index in [1.165, 1.54) is 32.5 Å². The van der Waals surface area contributed by atoms with Crippen molar-refractivity contribution in [2.24, 2.45) is 0 Å². The standard InChI is InChI=1S/C28H36NO2S.C10H14O3S/c1-27(2,3)30-22-11-17-25(18-12-22)32(24-15-9-21(10-16-24)29(7)8)26-19-13-23(14-20-26)31-28(4,5)6;1-10(2,3)8-4-6-9(7-5-8)14(11,12)13/h9-20H,1-8H3;4-7H,1-3H3,(H,11,12,13)/q+1;/p-1. The highest BCUT2D eigenvalue weighted by Gasteiger charge is 2.29. The van der Waals surface area contributed by atoms with Gasteiger partial charge in [-0.15, -0.1) is 0 Å². The fraction of sp³-hybridized carbons (Fsp3) is 0.368. The van der Waals surface area contributed by atoms with E-state index in [-0.39, 0.29) is 32.4 Å². The van der Waals surface area contributed by atoms with Crippen LogP contribution in [0.1, 0.15) is 67.9 Å². The highest BCUT2D eigenvalue weighted by Crippen LogP contribution is 2.35. The van der Waals surface area contributed by atoms with Crippen molar-refractivity contribution in [2.75, 3.05) is 19.0 Å². The molecule has 0 radical (unpaired) electrons. The van der Waals surface area contributed by atoms with Crippen molar-refractivity contribution in [3.63, 3.8) is 0 Å². The van der Waals surface area contributed by atoms with Gasteiger partial charge in [0.25, 0.3) is 0 Å². The summed E-state index contributed by atoms with van der Waals surface area (Å²) in [4.78, 5) is 5.75. The van der Waals surface area contributed by atoms with Crippen LogP contribution in [0.5, 0.6) is 11.5 Å². The first-order valence-electron chi connectivity index (χ1n) is 15.3. The number of hydrogen-bond acceptors (Lipinski definition) is 6. The second-order valence-corrected chi connectivity index (χ2v) is 17.7. The Kier molecular flexibility index (Phi) is 11.7. The summed E-state index contributed by atoms with van der Waals surface area (Å²) in [5, 5.41) is 0. The maximum Gasteiger partial charge on any atom is 0.166 e. The zero-order valence-corrected chi connectivity index (χ0v) is 30.7. The second-order valence-electron chi connectivity index (χ2n) is 14.3. The Labute approximate surface area is 279 Å². The van der Waals surface area contributed by atoms with Gasteiger partial charge in [-0.2, -0.15) is 0 Å². The Hall–Kier alpha value is -3.46. The van der Waals surface area contributed by atoms with E-state index >= 15 is 0 Å². The summed E-state index contributed by atoms with van der Waals surface area (Å²) in [6, 6.07) is 31.9. The molecule has 0 N–H and O–H groups in total. The predicted octanol–water partition coefficient (Wildman–Crippen LogP) is 9.09. The molecule has 6 nitrogen and oxygen atoms in total. The molecule has 4 aromatic rings. The summed E-state index contributed by atoms with van der Waals surface area (Å²) >= 11 is 0. The van der Waals surface area contributed by atoms with Crippen molar-refractivity contribution in [3.8, 4) is 11.5 Å². The Morgan fingerprint density at radius 3 is 1.20 bits per heavy atom. The van der Waals surface area contributed by atoms with Crippen LogP contribution in [0, 0.1) is 0 Å². The summed E-state index contributed by atoms with van der Waals surface area (Å²) < 4.78 is 44.0. The third kappa shape index (κ3) is 11.4. The van der Waals surface area contributed by atoms with E-state index < -0.39 is 10.1 Å². The van der Waals surface area contributed by atoms with E-state index in [0.29, 0.717) is 0 Å². The van der Waals surface area contributed by atoms with Gasteiger partial charge in [0.2, 0.25) is 0 Å². The maximum absolute atomic E-state index is 10.6. The molecule has 0 saturated heterocycles. The molecule has 4 rings (SSSR count). The van der Waals surface area contributed by atoms with Crippen molar-refractivity contribution >= 4 is 26.7 Å². The highest BCUT2D eigenvalue weighted by atomic mass is 32.2. The lowest BCUT2D eigenvalue weighted by molar-refractivity contribution is 0.130. The topological polar surface area (TPSA) is 78.9 Å². The number of ether oxygens (including phenoxy) is 2. The number of anilines is 1. The molecule has 8 heteroatoms. The van der Waals surface area contributed by atoms with Crippen LogP contribution < -0.4 is 14.4 Å². The molecule has 0 fully saturated rings. The SMILES string of the molecule is CC(C)(C)c1ccc(S(=O)(=O)[O-])cc1.CN(C)c1ccc([S+](c2ccc(OC(C)(C)C)cc2)c2ccc(OC(C)(C)C)cc2)cc1. The molecule has 0 aliphatic heterocycles. The second kappa shape index (κ2) is 14.5. The van der Waals surface area contributed by atoms with Gasteiger partial charge in [-0.05, 0) is 137 Å². The van der Waals surface area contributed by atoms with Crippen LogP contribution in [0.15, 0.2) is 117 Å². The minimum Gasteiger partial charge on any atom is -0.744 e. The molecule has 0 heterocycles. The normalized spacial score (nSPS) is 12.3. The molecule has 0 aliphatic carbocycles. The van der Waals surface area contributed by atoms with Crippen LogP contribution in [0.3, 0.4) is 0 Å². The monoisotopic (exact) mass is 663 g/mol. The smallest absolute Gasteiger partial charge is 0.166 e. The van der Waals surface area contributed by atoms with Crippen LogP contribution in [0.2, 0.25) is 0 Å². The van der Waals surface area contributed by atoms with E-state index in [4.69, 9.17) is 9.47 Å². The first kappa shape index (κ1) is 37.0. The Morgan fingerprint density at radius 2 is 0.913 bits per heavy atom. The van der Waals surface area contributed by atoms with Crippen molar-refractivity contribution in [1.82, 2.24) is 0 Å². The third-order valence-electron chi connectivity index (χ3n) is 6.56. The Morgan fingerprint density at radius 1 is 0.565 bits per heavy atom. The molecule has 0 unspecified atom stereocenters. The summed E-state index contributed by atoms with van der Waals surface area (Å²) in [7, 11) is -0.411. The van der Waals surface area contributed by atoms with Crippen LogP contribution in [-0.4, -0.2) is 38.3 Å². The molecule has 0 spiro atoms. The van der Waals surface area contributed by atoms with Gasteiger partial charge in [0.05, 0.1) is 15.8 Å². The first-order chi connectivity index (χ1) is 21.1.